The first kappa shape index (κ1) is 19.4. The fourth-order valence-corrected chi connectivity index (χ4v) is 2.38. The minimum absolute atomic E-state index is 0.150. The van der Waals surface area contributed by atoms with E-state index < -0.39 is 23.5 Å². The van der Waals surface area contributed by atoms with Gasteiger partial charge in [0, 0.05) is 0 Å². The molecule has 0 unspecified atom stereocenters. The smallest absolute Gasteiger partial charge is 0.419 e. The lowest BCUT2D eigenvalue weighted by Crippen LogP contribution is -2.12. The van der Waals surface area contributed by atoms with Crippen LogP contribution in [-0.2, 0) is 12.8 Å². The predicted octanol–water partition coefficient (Wildman–Crippen LogP) is 5.64. The Labute approximate surface area is 158 Å². The van der Waals surface area contributed by atoms with Crippen molar-refractivity contribution in [2.24, 2.45) is 0 Å². The van der Waals surface area contributed by atoms with E-state index in [9.17, 15) is 22.4 Å². The third kappa shape index (κ3) is 4.88. The van der Waals surface area contributed by atoms with Crippen LogP contribution in [0.2, 0.25) is 0 Å². The van der Waals surface area contributed by atoms with E-state index in [-0.39, 0.29) is 11.3 Å². The summed E-state index contributed by atoms with van der Waals surface area (Å²) in [5.74, 6) is -1.81. The SMILES string of the molecule is O=C(Oc1ccc(OCc2ccccc2)cc1)c1ccc(C(F)(F)F)c(F)c1. The summed E-state index contributed by atoms with van der Waals surface area (Å²) in [5, 5.41) is 0. The van der Waals surface area contributed by atoms with Crippen molar-refractivity contribution in [1.82, 2.24) is 0 Å². The van der Waals surface area contributed by atoms with E-state index in [4.69, 9.17) is 9.47 Å². The molecular formula is C21H14F4O3. The van der Waals surface area contributed by atoms with E-state index in [0.717, 1.165) is 11.6 Å². The zero-order valence-corrected chi connectivity index (χ0v) is 14.4. The first-order valence-electron chi connectivity index (χ1n) is 8.18. The van der Waals surface area contributed by atoms with Crippen molar-refractivity contribution in [3.8, 4) is 11.5 Å². The average molecular weight is 390 g/mol. The number of hydrogen-bond donors (Lipinski definition) is 0. The lowest BCUT2D eigenvalue weighted by atomic mass is 10.1. The number of esters is 1. The molecule has 0 fully saturated rings. The largest absolute Gasteiger partial charge is 0.489 e. The summed E-state index contributed by atoms with van der Waals surface area (Å²) in [7, 11) is 0. The molecule has 0 aliphatic heterocycles. The molecular weight excluding hydrogens is 376 g/mol. The van der Waals surface area contributed by atoms with Gasteiger partial charge in [-0.2, -0.15) is 13.2 Å². The molecule has 0 saturated carbocycles. The monoisotopic (exact) mass is 390 g/mol. The maximum atomic E-state index is 13.6. The summed E-state index contributed by atoms with van der Waals surface area (Å²) in [4.78, 5) is 12.0. The first-order chi connectivity index (χ1) is 13.3. The molecule has 3 aromatic rings. The molecule has 0 radical (unpaired) electrons. The number of carbonyl (C=O) groups is 1. The average Bonchev–Trinajstić information content (AvgIpc) is 2.67. The molecule has 0 saturated heterocycles. The summed E-state index contributed by atoms with van der Waals surface area (Å²) in [6.45, 7) is 0.366. The van der Waals surface area contributed by atoms with Gasteiger partial charge in [0.2, 0.25) is 0 Å². The van der Waals surface area contributed by atoms with Crippen molar-refractivity contribution in [2.75, 3.05) is 0 Å². The minimum Gasteiger partial charge on any atom is -0.489 e. The van der Waals surface area contributed by atoms with Crippen molar-refractivity contribution < 1.29 is 31.8 Å². The molecule has 28 heavy (non-hydrogen) atoms. The molecule has 3 rings (SSSR count). The van der Waals surface area contributed by atoms with Crippen LogP contribution in [0.15, 0.2) is 72.8 Å². The molecule has 0 aromatic heterocycles. The number of rotatable bonds is 5. The second-order valence-electron chi connectivity index (χ2n) is 5.83. The second-order valence-corrected chi connectivity index (χ2v) is 5.83. The van der Waals surface area contributed by atoms with Gasteiger partial charge in [0.25, 0.3) is 0 Å². The molecule has 0 bridgehead atoms. The van der Waals surface area contributed by atoms with E-state index in [0.29, 0.717) is 24.5 Å². The van der Waals surface area contributed by atoms with E-state index in [2.05, 4.69) is 0 Å². The van der Waals surface area contributed by atoms with Crippen LogP contribution >= 0.6 is 0 Å². The fraction of sp³-hybridized carbons (Fsp3) is 0.0952. The van der Waals surface area contributed by atoms with Crippen LogP contribution in [0.4, 0.5) is 17.6 Å². The maximum absolute atomic E-state index is 13.6. The highest BCUT2D eigenvalue weighted by Gasteiger charge is 2.34. The number of alkyl halides is 3. The number of halogens is 4. The van der Waals surface area contributed by atoms with E-state index in [1.807, 2.05) is 30.3 Å². The van der Waals surface area contributed by atoms with Crippen molar-refractivity contribution in [3.63, 3.8) is 0 Å². The molecule has 0 heterocycles. The Morgan fingerprint density at radius 1 is 0.857 bits per heavy atom. The maximum Gasteiger partial charge on any atom is 0.419 e. The Morgan fingerprint density at radius 3 is 2.11 bits per heavy atom. The molecule has 0 aliphatic carbocycles. The molecule has 0 N–H and O–H groups in total. The van der Waals surface area contributed by atoms with Gasteiger partial charge in [-0.05, 0) is 48.0 Å². The highest BCUT2D eigenvalue weighted by Crippen LogP contribution is 2.31. The highest BCUT2D eigenvalue weighted by atomic mass is 19.4. The topological polar surface area (TPSA) is 35.5 Å². The number of ether oxygens (including phenoxy) is 2. The minimum atomic E-state index is -4.83. The highest BCUT2D eigenvalue weighted by molar-refractivity contribution is 5.91. The third-order valence-corrected chi connectivity index (χ3v) is 3.79. The lowest BCUT2D eigenvalue weighted by molar-refractivity contribution is -0.140. The molecule has 3 nitrogen and oxygen atoms in total. The summed E-state index contributed by atoms with van der Waals surface area (Å²) in [5.41, 5.74) is -0.777. The van der Waals surface area contributed by atoms with Crippen LogP contribution in [0, 0.1) is 5.82 Å². The Bertz CT molecular complexity index is 952. The van der Waals surface area contributed by atoms with Crippen LogP contribution in [0.3, 0.4) is 0 Å². The Kier molecular flexibility index (Phi) is 5.63. The van der Waals surface area contributed by atoms with Gasteiger partial charge >= 0.3 is 12.1 Å². The Balaban J connectivity index is 1.62. The fourth-order valence-electron chi connectivity index (χ4n) is 2.38. The molecule has 7 heteroatoms. The normalized spacial score (nSPS) is 11.1. The molecule has 0 spiro atoms. The standard InChI is InChI=1S/C21H14F4O3/c22-19-12-15(6-11-18(19)21(23,24)25)20(26)28-17-9-7-16(8-10-17)27-13-14-4-2-1-3-5-14/h1-12H,13H2. The van der Waals surface area contributed by atoms with Gasteiger partial charge in [-0.15, -0.1) is 0 Å². The second kappa shape index (κ2) is 8.12. The summed E-state index contributed by atoms with van der Waals surface area (Å²) in [6.07, 6.45) is -4.83. The van der Waals surface area contributed by atoms with Gasteiger partial charge in [0.15, 0.2) is 0 Å². The zero-order chi connectivity index (χ0) is 20.1. The zero-order valence-electron chi connectivity index (χ0n) is 14.4. The van der Waals surface area contributed by atoms with Gasteiger partial charge < -0.3 is 9.47 Å². The molecule has 0 amide bonds. The Morgan fingerprint density at radius 2 is 1.50 bits per heavy atom. The van der Waals surface area contributed by atoms with Gasteiger partial charge in [0.1, 0.15) is 23.9 Å². The van der Waals surface area contributed by atoms with Crippen molar-refractivity contribution in [1.29, 1.82) is 0 Å². The first-order valence-corrected chi connectivity index (χ1v) is 8.18. The Hall–Kier alpha value is -3.35. The molecule has 0 atom stereocenters. The van der Waals surface area contributed by atoms with E-state index in [1.54, 1.807) is 12.1 Å². The van der Waals surface area contributed by atoms with Crippen LogP contribution in [0.25, 0.3) is 0 Å². The number of benzene rings is 3. The number of hydrogen-bond acceptors (Lipinski definition) is 3. The van der Waals surface area contributed by atoms with Crippen LogP contribution in [0.1, 0.15) is 21.5 Å². The third-order valence-electron chi connectivity index (χ3n) is 3.79. The molecule has 3 aromatic carbocycles. The van der Waals surface area contributed by atoms with Gasteiger partial charge in [-0.25, -0.2) is 9.18 Å². The van der Waals surface area contributed by atoms with Crippen molar-refractivity contribution in [3.05, 3.63) is 95.3 Å². The summed E-state index contributed by atoms with van der Waals surface area (Å²) < 4.78 is 61.9. The van der Waals surface area contributed by atoms with Gasteiger partial charge in [-0.1, -0.05) is 30.3 Å². The molecule has 144 valence electrons. The van der Waals surface area contributed by atoms with Gasteiger partial charge in [0.05, 0.1) is 11.1 Å². The van der Waals surface area contributed by atoms with Crippen LogP contribution < -0.4 is 9.47 Å². The predicted molar refractivity (Wildman–Crippen MR) is 93.6 cm³/mol. The van der Waals surface area contributed by atoms with Crippen molar-refractivity contribution in [2.45, 2.75) is 12.8 Å². The van der Waals surface area contributed by atoms with Crippen molar-refractivity contribution >= 4 is 5.97 Å². The summed E-state index contributed by atoms with van der Waals surface area (Å²) >= 11 is 0. The van der Waals surface area contributed by atoms with E-state index >= 15 is 0 Å². The molecule has 0 aliphatic rings. The van der Waals surface area contributed by atoms with Crippen LogP contribution in [-0.4, -0.2) is 5.97 Å². The van der Waals surface area contributed by atoms with Gasteiger partial charge in [-0.3, -0.25) is 0 Å². The quantitative estimate of drug-likeness (QED) is 0.321. The van der Waals surface area contributed by atoms with Crippen LogP contribution in [0.5, 0.6) is 11.5 Å². The van der Waals surface area contributed by atoms with E-state index in [1.165, 1.54) is 12.1 Å². The lowest BCUT2D eigenvalue weighted by Gasteiger charge is -2.10. The number of carbonyl (C=O) groups excluding carboxylic acids is 1. The summed E-state index contributed by atoms with van der Waals surface area (Å²) in [6, 6.07) is 17.5.